The van der Waals surface area contributed by atoms with Gasteiger partial charge in [-0.05, 0) is 175 Å². The third-order valence-electron chi connectivity index (χ3n) is 9.89. The monoisotopic (exact) mass is 984 g/mol. The zero-order chi connectivity index (χ0) is 35.1. The molecule has 262 valence electrons. The average molecular weight is 985 g/mol. The van der Waals surface area contributed by atoms with Crippen molar-refractivity contribution in [2.45, 2.75) is 145 Å². The molecule has 5 nitrogen and oxygen atoms in total. The Hall–Kier alpha value is -0.630. The second kappa shape index (κ2) is 18.6. The molecule has 0 saturated heterocycles. The highest BCUT2D eigenvalue weighted by Crippen LogP contribution is 2.45. The molecule has 2 aromatic carbocycles. The van der Waals surface area contributed by atoms with Crippen LogP contribution in [0.3, 0.4) is 0 Å². The van der Waals surface area contributed by atoms with Crippen LogP contribution in [0, 0.1) is 49.2 Å². The van der Waals surface area contributed by atoms with Gasteiger partial charge >= 0.3 is 11.9 Å². The van der Waals surface area contributed by atoms with Crippen LogP contribution in [-0.4, -0.2) is 23.6 Å². The molecule has 0 aliphatic carbocycles. The van der Waals surface area contributed by atoms with Gasteiger partial charge in [-0.2, -0.15) is 0 Å². The number of halogens is 3. The number of hydrogen-bond acceptors (Lipinski definition) is 5. The molecule has 0 saturated carbocycles. The Morgan fingerprint density at radius 3 is 2.00 bits per heavy atom. The molecule has 8 heteroatoms. The SMILES string of the molecule is Cc1c(C)c2c(c(C)c1OC(=O)C(C)OC(=O)c1cc(I)c(I)cc1I)CCC(C)(CCCC(C)CCCC(C)CCCC(C)C)O2. The molecule has 1 aliphatic rings. The lowest BCUT2D eigenvalue weighted by Gasteiger charge is -2.38. The molecule has 4 unspecified atom stereocenters. The van der Waals surface area contributed by atoms with Crippen molar-refractivity contribution in [2.75, 3.05) is 0 Å². The van der Waals surface area contributed by atoms with E-state index in [2.05, 4.69) is 102 Å². The topological polar surface area (TPSA) is 61.8 Å². The van der Waals surface area contributed by atoms with Gasteiger partial charge in [-0.1, -0.05) is 72.6 Å². The Morgan fingerprint density at radius 1 is 0.809 bits per heavy atom. The molecule has 0 spiro atoms. The fourth-order valence-corrected chi connectivity index (χ4v) is 8.77. The van der Waals surface area contributed by atoms with E-state index in [1.807, 2.05) is 26.8 Å². The first-order valence-corrected chi connectivity index (χ1v) is 20.6. The molecule has 3 rings (SSSR count). The van der Waals surface area contributed by atoms with Crippen molar-refractivity contribution in [1.82, 2.24) is 0 Å². The van der Waals surface area contributed by atoms with E-state index in [4.69, 9.17) is 14.2 Å². The van der Waals surface area contributed by atoms with Gasteiger partial charge in [0, 0.05) is 16.3 Å². The minimum absolute atomic E-state index is 0.201. The van der Waals surface area contributed by atoms with E-state index >= 15 is 0 Å². The zero-order valence-electron chi connectivity index (χ0n) is 29.9. The van der Waals surface area contributed by atoms with Gasteiger partial charge in [0.15, 0.2) is 6.10 Å². The Morgan fingerprint density at radius 2 is 1.38 bits per heavy atom. The van der Waals surface area contributed by atoms with Gasteiger partial charge in [0.05, 0.1) is 5.56 Å². The summed E-state index contributed by atoms with van der Waals surface area (Å²) in [5.41, 5.74) is 4.16. The van der Waals surface area contributed by atoms with Crippen molar-refractivity contribution >= 4 is 79.7 Å². The third-order valence-corrected chi connectivity index (χ3v) is 13.6. The largest absolute Gasteiger partial charge is 0.487 e. The summed E-state index contributed by atoms with van der Waals surface area (Å²) in [7, 11) is 0. The number of esters is 2. The normalized spacial score (nSPS) is 17.9. The molecule has 1 aliphatic heterocycles. The molecule has 4 atom stereocenters. The molecule has 1 heterocycles. The maximum Gasteiger partial charge on any atom is 0.352 e. The lowest BCUT2D eigenvalue weighted by Crippen LogP contribution is -2.37. The fraction of sp³-hybridized carbons (Fsp3) is 0.641. The molecule has 0 fully saturated rings. The van der Waals surface area contributed by atoms with Gasteiger partial charge in [0.2, 0.25) is 0 Å². The smallest absolute Gasteiger partial charge is 0.352 e. The van der Waals surface area contributed by atoms with Gasteiger partial charge in [0.25, 0.3) is 0 Å². The molecule has 0 aromatic heterocycles. The third kappa shape index (κ3) is 11.7. The van der Waals surface area contributed by atoms with Crippen molar-refractivity contribution in [1.29, 1.82) is 0 Å². The maximum atomic E-state index is 13.2. The van der Waals surface area contributed by atoms with Crippen molar-refractivity contribution in [3.05, 3.63) is 50.7 Å². The predicted octanol–water partition coefficient (Wildman–Crippen LogP) is 12.1. The Kier molecular flexibility index (Phi) is 16.1. The highest BCUT2D eigenvalue weighted by molar-refractivity contribution is 14.1. The number of carbonyl (C=O) groups is 2. The molecule has 0 radical (unpaired) electrons. The molecule has 47 heavy (non-hydrogen) atoms. The summed E-state index contributed by atoms with van der Waals surface area (Å²) in [5.74, 6) is 2.76. The predicted molar refractivity (Wildman–Crippen MR) is 218 cm³/mol. The number of rotatable bonds is 16. The van der Waals surface area contributed by atoms with Crippen LogP contribution in [-0.2, 0) is 16.0 Å². The van der Waals surface area contributed by atoms with E-state index in [0.717, 1.165) is 75.7 Å². The van der Waals surface area contributed by atoms with Crippen LogP contribution in [0.2, 0.25) is 0 Å². The van der Waals surface area contributed by atoms with Crippen molar-refractivity contribution in [3.8, 4) is 11.5 Å². The Labute approximate surface area is 325 Å². The van der Waals surface area contributed by atoms with E-state index in [9.17, 15) is 9.59 Å². The quantitative estimate of drug-likeness (QED) is 0.0726. The number of carbonyl (C=O) groups excluding carboxylic acids is 2. The van der Waals surface area contributed by atoms with Gasteiger partial charge in [-0.25, -0.2) is 9.59 Å². The molecule has 0 bridgehead atoms. The van der Waals surface area contributed by atoms with Crippen LogP contribution in [0.1, 0.15) is 138 Å². The van der Waals surface area contributed by atoms with Gasteiger partial charge in [0.1, 0.15) is 17.1 Å². The number of hydrogen-bond donors (Lipinski definition) is 0. The van der Waals surface area contributed by atoms with E-state index < -0.39 is 18.0 Å². The van der Waals surface area contributed by atoms with Crippen LogP contribution in [0.25, 0.3) is 0 Å². The first-order chi connectivity index (χ1) is 22.0. The average Bonchev–Trinajstić information content (AvgIpc) is 2.99. The first-order valence-electron chi connectivity index (χ1n) is 17.4. The number of benzene rings is 2. The Bertz CT molecular complexity index is 1400. The standard InChI is InChI=1S/C39H55I3O5/c1-23(2)13-10-14-24(3)15-11-16-25(4)17-12-19-39(9)20-18-30-28(7)35(26(5)27(6)36(30)47-39)46-37(43)29(8)45-38(44)31-21-33(41)34(42)22-32(31)40/h21-25,29H,10-20H2,1-9H3. The minimum atomic E-state index is -1.05. The Balaban J connectivity index is 1.55. The van der Waals surface area contributed by atoms with Gasteiger partial charge in [-0.15, -0.1) is 0 Å². The second-order valence-electron chi connectivity index (χ2n) is 14.6. The molecular weight excluding hydrogens is 929 g/mol. The van der Waals surface area contributed by atoms with Crippen LogP contribution in [0.4, 0.5) is 0 Å². The van der Waals surface area contributed by atoms with Crippen LogP contribution >= 0.6 is 67.8 Å². The summed E-state index contributed by atoms with van der Waals surface area (Å²) in [6, 6.07) is 3.72. The minimum Gasteiger partial charge on any atom is -0.487 e. The van der Waals surface area contributed by atoms with Crippen molar-refractivity contribution < 1.29 is 23.8 Å². The summed E-state index contributed by atoms with van der Waals surface area (Å²) in [6.07, 6.45) is 12.3. The summed E-state index contributed by atoms with van der Waals surface area (Å²) < 4.78 is 21.1. The highest BCUT2D eigenvalue weighted by Gasteiger charge is 2.35. The van der Waals surface area contributed by atoms with Crippen molar-refractivity contribution in [2.24, 2.45) is 17.8 Å². The number of ether oxygens (including phenoxy) is 3. The summed E-state index contributed by atoms with van der Waals surface area (Å²) in [4.78, 5) is 26.1. The van der Waals surface area contributed by atoms with Crippen LogP contribution in [0.5, 0.6) is 11.5 Å². The molecule has 2 aromatic rings. The van der Waals surface area contributed by atoms with E-state index in [0.29, 0.717) is 11.3 Å². The fourth-order valence-electron chi connectivity index (χ4n) is 6.55. The number of fused-ring (bicyclic) bond motifs is 1. The zero-order valence-corrected chi connectivity index (χ0v) is 36.4. The summed E-state index contributed by atoms with van der Waals surface area (Å²) >= 11 is 6.54. The van der Waals surface area contributed by atoms with Crippen molar-refractivity contribution in [3.63, 3.8) is 0 Å². The van der Waals surface area contributed by atoms with Gasteiger partial charge in [-0.3, -0.25) is 0 Å². The lowest BCUT2D eigenvalue weighted by atomic mass is 9.83. The van der Waals surface area contributed by atoms with E-state index in [1.54, 1.807) is 13.0 Å². The molecular formula is C39H55I3O5. The van der Waals surface area contributed by atoms with Crippen LogP contribution < -0.4 is 9.47 Å². The van der Waals surface area contributed by atoms with Gasteiger partial charge < -0.3 is 14.2 Å². The lowest BCUT2D eigenvalue weighted by molar-refractivity contribution is -0.143. The summed E-state index contributed by atoms with van der Waals surface area (Å²) in [5, 5.41) is 0. The maximum absolute atomic E-state index is 13.2. The van der Waals surface area contributed by atoms with E-state index in [1.165, 1.54) is 51.4 Å². The molecule has 0 amide bonds. The summed E-state index contributed by atoms with van der Waals surface area (Å²) in [6.45, 7) is 19.3. The second-order valence-corrected chi connectivity index (χ2v) is 18.1. The van der Waals surface area contributed by atoms with E-state index in [-0.39, 0.29) is 5.60 Å². The first kappa shape index (κ1) is 40.8. The molecule has 0 N–H and O–H groups in total. The highest BCUT2D eigenvalue weighted by atomic mass is 127. The van der Waals surface area contributed by atoms with Crippen LogP contribution in [0.15, 0.2) is 12.1 Å².